The number of benzene rings is 2. The molecular weight excluding hydrogens is 360 g/mol. The molecule has 3 aromatic rings. The van der Waals surface area contributed by atoms with Crippen molar-refractivity contribution in [3.05, 3.63) is 64.8 Å². The lowest BCUT2D eigenvalue weighted by Crippen LogP contribution is -2.45. The lowest BCUT2D eigenvalue weighted by atomic mass is 10.1. The molecular formula is C21H23ClN4O. The van der Waals surface area contributed by atoms with Gasteiger partial charge in [0.25, 0.3) is 5.91 Å². The minimum atomic E-state index is -0.115. The molecule has 1 saturated heterocycles. The van der Waals surface area contributed by atoms with Crippen LogP contribution in [0.2, 0.25) is 5.02 Å². The first-order chi connectivity index (χ1) is 13.1. The third kappa shape index (κ3) is 3.94. The van der Waals surface area contributed by atoms with E-state index in [4.69, 9.17) is 11.6 Å². The highest BCUT2D eigenvalue weighted by molar-refractivity contribution is 6.31. The second kappa shape index (κ2) is 7.62. The maximum absolute atomic E-state index is 12.6. The Morgan fingerprint density at radius 1 is 1.11 bits per heavy atom. The Balaban J connectivity index is 1.47. The molecule has 5 nitrogen and oxygen atoms in total. The summed E-state index contributed by atoms with van der Waals surface area (Å²) in [7, 11) is 2.15. The Hall–Kier alpha value is -2.50. The second-order valence-corrected chi connectivity index (χ2v) is 7.45. The molecule has 1 aliphatic heterocycles. The van der Waals surface area contributed by atoms with Crippen molar-refractivity contribution in [2.24, 2.45) is 0 Å². The highest BCUT2D eigenvalue weighted by atomic mass is 35.5. The Morgan fingerprint density at radius 3 is 2.70 bits per heavy atom. The maximum Gasteiger partial charge on any atom is 0.267 e. The molecule has 0 bridgehead atoms. The summed E-state index contributed by atoms with van der Waals surface area (Å²) in [6.07, 6.45) is 0. The molecule has 0 spiro atoms. The molecule has 6 heteroatoms. The van der Waals surface area contributed by atoms with Crippen LogP contribution in [0.4, 0.5) is 5.69 Å². The molecule has 1 aliphatic rings. The van der Waals surface area contributed by atoms with Crippen LogP contribution in [-0.4, -0.2) is 49.0 Å². The number of piperazine rings is 1. The molecule has 0 aliphatic carbocycles. The zero-order valence-electron chi connectivity index (χ0n) is 15.3. The van der Waals surface area contributed by atoms with Crippen molar-refractivity contribution in [3.8, 4) is 0 Å². The normalized spacial score (nSPS) is 15.3. The van der Waals surface area contributed by atoms with Crippen molar-refractivity contribution in [1.29, 1.82) is 0 Å². The van der Waals surface area contributed by atoms with E-state index >= 15 is 0 Å². The van der Waals surface area contributed by atoms with Gasteiger partial charge >= 0.3 is 0 Å². The van der Waals surface area contributed by atoms with Crippen LogP contribution in [0.1, 0.15) is 16.1 Å². The van der Waals surface area contributed by atoms with Gasteiger partial charge in [-0.2, -0.15) is 0 Å². The van der Waals surface area contributed by atoms with Crippen LogP contribution in [0.15, 0.2) is 48.5 Å². The topological polar surface area (TPSA) is 51.4 Å². The number of carbonyl (C=O) groups is 1. The summed E-state index contributed by atoms with van der Waals surface area (Å²) < 4.78 is 0. The van der Waals surface area contributed by atoms with Gasteiger partial charge in [0.1, 0.15) is 5.69 Å². The van der Waals surface area contributed by atoms with Crippen molar-refractivity contribution in [2.75, 3.05) is 38.1 Å². The molecule has 1 fully saturated rings. The average molecular weight is 383 g/mol. The molecule has 4 rings (SSSR count). The van der Waals surface area contributed by atoms with Crippen molar-refractivity contribution in [2.45, 2.75) is 6.54 Å². The molecule has 0 radical (unpaired) electrons. The van der Waals surface area contributed by atoms with Crippen LogP contribution < -0.4 is 10.2 Å². The molecule has 140 valence electrons. The van der Waals surface area contributed by atoms with Gasteiger partial charge in [-0.25, -0.2) is 0 Å². The molecule has 0 atom stereocenters. The van der Waals surface area contributed by atoms with Crippen molar-refractivity contribution < 1.29 is 4.79 Å². The number of nitrogens with one attached hydrogen (secondary N) is 2. The number of anilines is 1. The van der Waals surface area contributed by atoms with Gasteiger partial charge in [0.15, 0.2) is 0 Å². The van der Waals surface area contributed by atoms with Crippen molar-refractivity contribution in [3.63, 3.8) is 0 Å². The quantitative estimate of drug-likeness (QED) is 0.726. The van der Waals surface area contributed by atoms with E-state index in [2.05, 4.69) is 45.3 Å². The number of amides is 1. The van der Waals surface area contributed by atoms with Gasteiger partial charge in [0.05, 0.1) is 0 Å². The van der Waals surface area contributed by atoms with Crippen LogP contribution in [0.5, 0.6) is 0 Å². The summed E-state index contributed by atoms with van der Waals surface area (Å²) in [6, 6.07) is 15.7. The highest BCUT2D eigenvalue weighted by Crippen LogP contribution is 2.22. The summed E-state index contributed by atoms with van der Waals surface area (Å²) in [5.41, 5.74) is 3.75. The fraction of sp³-hybridized carbons (Fsp3) is 0.286. The number of hydrogen-bond donors (Lipinski definition) is 2. The van der Waals surface area contributed by atoms with Gasteiger partial charge in [-0.15, -0.1) is 0 Å². The van der Waals surface area contributed by atoms with Crippen LogP contribution in [-0.2, 0) is 6.54 Å². The summed E-state index contributed by atoms with van der Waals surface area (Å²) >= 11 is 6.02. The van der Waals surface area contributed by atoms with E-state index in [0.29, 0.717) is 17.3 Å². The number of halogens is 1. The molecule has 0 saturated carbocycles. The fourth-order valence-electron chi connectivity index (χ4n) is 3.51. The predicted molar refractivity (Wildman–Crippen MR) is 111 cm³/mol. The monoisotopic (exact) mass is 382 g/mol. The number of nitrogens with zero attached hydrogens (tertiary/aromatic N) is 2. The van der Waals surface area contributed by atoms with E-state index in [1.165, 1.54) is 5.69 Å². The third-order valence-electron chi connectivity index (χ3n) is 5.10. The number of aromatic amines is 1. The van der Waals surface area contributed by atoms with E-state index < -0.39 is 0 Å². The number of hydrogen-bond acceptors (Lipinski definition) is 3. The minimum absolute atomic E-state index is 0.115. The first-order valence-corrected chi connectivity index (χ1v) is 9.56. The summed E-state index contributed by atoms with van der Waals surface area (Å²) in [4.78, 5) is 20.5. The molecule has 0 unspecified atom stereocenters. The van der Waals surface area contributed by atoms with Gasteiger partial charge in [-0.3, -0.25) is 4.79 Å². The molecule has 1 amide bonds. The van der Waals surface area contributed by atoms with Crippen LogP contribution >= 0.6 is 11.6 Å². The Bertz CT molecular complexity index is 960. The number of fused-ring (bicyclic) bond motifs is 1. The standard InChI is InChI=1S/C21H23ClN4O/c1-25-8-10-26(11-9-25)20-5-3-2-4-16(20)14-23-21(27)19-12-15-6-7-17(22)13-18(15)24-19/h2-7,12-13,24H,8-11,14H2,1H3,(H,23,27). The minimum Gasteiger partial charge on any atom is -0.369 e. The Kier molecular flexibility index (Phi) is 5.05. The maximum atomic E-state index is 12.6. The molecule has 1 aromatic heterocycles. The summed E-state index contributed by atoms with van der Waals surface area (Å²) in [5, 5.41) is 4.66. The van der Waals surface area contributed by atoms with E-state index in [1.54, 1.807) is 0 Å². The van der Waals surface area contributed by atoms with Gasteiger partial charge in [0, 0.05) is 54.3 Å². The van der Waals surface area contributed by atoms with Crippen molar-refractivity contribution in [1.82, 2.24) is 15.2 Å². The lowest BCUT2D eigenvalue weighted by molar-refractivity contribution is 0.0947. The number of aromatic nitrogens is 1. The number of para-hydroxylation sites is 1. The Morgan fingerprint density at radius 2 is 1.89 bits per heavy atom. The first kappa shape index (κ1) is 17.9. The second-order valence-electron chi connectivity index (χ2n) is 7.02. The molecule has 2 heterocycles. The van der Waals surface area contributed by atoms with Gasteiger partial charge < -0.3 is 20.1 Å². The smallest absolute Gasteiger partial charge is 0.267 e. The SMILES string of the molecule is CN1CCN(c2ccccc2CNC(=O)c2cc3ccc(Cl)cc3[nH]2)CC1. The predicted octanol–water partition coefficient (Wildman–Crippen LogP) is 3.50. The first-order valence-electron chi connectivity index (χ1n) is 9.18. The molecule has 27 heavy (non-hydrogen) atoms. The molecule has 2 aromatic carbocycles. The van der Waals surface area contributed by atoms with E-state index in [9.17, 15) is 4.79 Å². The van der Waals surface area contributed by atoms with Crippen LogP contribution in [0.25, 0.3) is 10.9 Å². The zero-order chi connectivity index (χ0) is 18.8. The van der Waals surface area contributed by atoms with Gasteiger partial charge in [-0.05, 0) is 36.9 Å². The summed E-state index contributed by atoms with van der Waals surface area (Å²) in [5.74, 6) is -0.115. The fourth-order valence-corrected chi connectivity index (χ4v) is 3.68. The van der Waals surface area contributed by atoms with Gasteiger partial charge in [-0.1, -0.05) is 35.9 Å². The van der Waals surface area contributed by atoms with Gasteiger partial charge in [0.2, 0.25) is 0 Å². The number of carbonyl (C=O) groups excluding carboxylic acids is 1. The number of rotatable bonds is 4. The van der Waals surface area contributed by atoms with Crippen LogP contribution in [0, 0.1) is 0 Å². The van der Waals surface area contributed by atoms with Crippen LogP contribution in [0.3, 0.4) is 0 Å². The average Bonchev–Trinajstić information content (AvgIpc) is 3.10. The van der Waals surface area contributed by atoms with Crippen molar-refractivity contribution >= 4 is 34.1 Å². The Labute approximate surface area is 163 Å². The molecule has 2 N–H and O–H groups in total. The van der Waals surface area contributed by atoms with E-state index in [1.807, 2.05) is 30.3 Å². The number of likely N-dealkylation sites (N-methyl/N-ethyl adjacent to an activating group) is 1. The largest absolute Gasteiger partial charge is 0.369 e. The summed E-state index contributed by atoms with van der Waals surface area (Å²) in [6.45, 7) is 4.61. The highest BCUT2D eigenvalue weighted by Gasteiger charge is 2.17. The zero-order valence-corrected chi connectivity index (χ0v) is 16.1. The number of H-pyrrole nitrogens is 1. The van der Waals surface area contributed by atoms with E-state index in [0.717, 1.165) is 42.6 Å². The third-order valence-corrected chi connectivity index (χ3v) is 5.34. The van der Waals surface area contributed by atoms with E-state index in [-0.39, 0.29) is 5.91 Å². The lowest BCUT2D eigenvalue weighted by Gasteiger charge is -2.35.